The number of pyridine rings is 1. The summed E-state index contributed by atoms with van der Waals surface area (Å²) in [5, 5.41) is 3.54. The van der Waals surface area contributed by atoms with Crippen LogP contribution in [0.3, 0.4) is 0 Å². The summed E-state index contributed by atoms with van der Waals surface area (Å²) >= 11 is 0. The SMILES string of the molecule is CC(C)N[C@@H]1C[C@H]1c1cccnc1. The highest BCUT2D eigenvalue weighted by Gasteiger charge is 2.38. The number of nitrogens with zero attached hydrogens (tertiary/aromatic N) is 1. The van der Waals surface area contributed by atoms with Crippen LogP contribution < -0.4 is 5.32 Å². The molecule has 1 aromatic heterocycles. The van der Waals surface area contributed by atoms with Crippen molar-refractivity contribution in [3.8, 4) is 0 Å². The first-order chi connectivity index (χ1) is 6.27. The predicted molar refractivity (Wildman–Crippen MR) is 53.7 cm³/mol. The maximum atomic E-state index is 4.13. The molecule has 0 aliphatic heterocycles. The molecule has 1 aliphatic carbocycles. The highest BCUT2D eigenvalue weighted by molar-refractivity contribution is 5.24. The van der Waals surface area contributed by atoms with Gasteiger partial charge >= 0.3 is 0 Å². The average Bonchev–Trinajstić information content (AvgIpc) is 2.84. The molecule has 0 radical (unpaired) electrons. The van der Waals surface area contributed by atoms with Crippen molar-refractivity contribution in [1.29, 1.82) is 0 Å². The molecule has 0 saturated heterocycles. The Morgan fingerprint density at radius 2 is 2.38 bits per heavy atom. The maximum absolute atomic E-state index is 4.13. The molecule has 1 aliphatic rings. The lowest BCUT2D eigenvalue weighted by Crippen LogP contribution is -2.25. The fraction of sp³-hybridized carbons (Fsp3) is 0.545. The Labute approximate surface area is 79.4 Å². The van der Waals surface area contributed by atoms with Crippen molar-refractivity contribution in [1.82, 2.24) is 10.3 Å². The number of aromatic nitrogens is 1. The van der Waals surface area contributed by atoms with Crippen LogP contribution in [-0.4, -0.2) is 17.1 Å². The van der Waals surface area contributed by atoms with Crippen molar-refractivity contribution >= 4 is 0 Å². The van der Waals surface area contributed by atoms with E-state index in [9.17, 15) is 0 Å². The summed E-state index contributed by atoms with van der Waals surface area (Å²) in [6.45, 7) is 4.39. The zero-order valence-electron chi connectivity index (χ0n) is 8.20. The van der Waals surface area contributed by atoms with Gasteiger partial charge in [0.15, 0.2) is 0 Å². The van der Waals surface area contributed by atoms with E-state index in [0.717, 1.165) is 0 Å². The van der Waals surface area contributed by atoms with Crippen LogP contribution in [0.4, 0.5) is 0 Å². The van der Waals surface area contributed by atoms with Crippen molar-refractivity contribution in [2.75, 3.05) is 0 Å². The van der Waals surface area contributed by atoms with E-state index in [1.54, 1.807) is 0 Å². The molecule has 0 amide bonds. The number of nitrogens with one attached hydrogen (secondary N) is 1. The molecule has 0 unspecified atom stereocenters. The fourth-order valence-corrected chi connectivity index (χ4v) is 1.77. The lowest BCUT2D eigenvalue weighted by molar-refractivity contribution is 0.576. The van der Waals surface area contributed by atoms with Gasteiger partial charge in [0.25, 0.3) is 0 Å². The minimum atomic E-state index is 0.590. The van der Waals surface area contributed by atoms with Gasteiger partial charge in [-0.15, -0.1) is 0 Å². The van der Waals surface area contributed by atoms with E-state index in [-0.39, 0.29) is 0 Å². The van der Waals surface area contributed by atoms with Gasteiger partial charge in [-0.05, 0) is 18.1 Å². The van der Waals surface area contributed by atoms with Gasteiger partial charge in [-0.3, -0.25) is 4.98 Å². The zero-order valence-corrected chi connectivity index (χ0v) is 8.20. The van der Waals surface area contributed by atoms with Crippen LogP contribution in [0, 0.1) is 0 Å². The molecule has 1 N–H and O–H groups in total. The van der Waals surface area contributed by atoms with E-state index < -0.39 is 0 Å². The summed E-state index contributed by atoms with van der Waals surface area (Å²) in [7, 11) is 0. The van der Waals surface area contributed by atoms with Crippen LogP contribution in [0.1, 0.15) is 31.7 Å². The normalized spacial score (nSPS) is 26.4. The molecule has 2 heteroatoms. The molecule has 1 saturated carbocycles. The van der Waals surface area contributed by atoms with Crippen molar-refractivity contribution in [2.45, 2.75) is 38.3 Å². The highest BCUT2D eigenvalue weighted by atomic mass is 15.0. The van der Waals surface area contributed by atoms with Crippen molar-refractivity contribution in [2.24, 2.45) is 0 Å². The lowest BCUT2D eigenvalue weighted by Gasteiger charge is -2.06. The Morgan fingerprint density at radius 1 is 1.54 bits per heavy atom. The van der Waals surface area contributed by atoms with Crippen molar-refractivity contribution in [3.05, 3.63) is 30.1 Å². The molecule has 2 rings (SSSR count). The number of hydrogen-bond acceptors (Lipinski definition) is 2. The van der Waals surface area contributed by atoms with Crippen LogP contribution in [0.2, 0.25) is 0 Å². The largest absolute Gasteiger partial charge is 0.311 e. The average molecular weight is 176 g/mol. The lowest BCUT2D eigenvalue weighted by atomic mass is 10.2. The molecule has 70 valence electrons. The first-order valence-corrected chi connectivity index (χ1v) is 4.93. The smallest absolute Gasteiger partial charge is 0.0303 e. The van der Waals surface area contributed by atoms with Gasteiger partial charge in [-0.2, -0.15) is 0 Å². The number of hydrogen-bond donors (Lipinski definition) is 1. The molecular weight excluding hydrogens is 160 g/mol. The Bertz CT molecular complexity index is 269. The molecule has 0 aromatic carbocycles. The standard InChI is InChI=1S/C11H16N2/c1-8(2)13-11-6-10(11)9-4-3-5-12-7-9/h3-5,7-8,10-11,13H,6H2,1-2H3/t10-,11+/m0/s1. The first kappa shape index (κ1) is 8.70. The van der Waals surface area contributed by atoms with Gasteiger partial charge in [0.05, 0.1) is 0 Å². The Kier molecular flexibility index (Phi) is 2.32. The number of rotatable bonds is 3. The molecule has 2 nitrogen and oxygen atoms in total. The molecule has 1 aromatic rings. The fourth-order valence-electron chi connectivity index (χ4n) is 1.77. The monoisotopic (exact) mass is 176 g/mol. The summed E-state index contributed by atoms with van der Waals surface area (Å²) in [6.07, 6.45) is 5.08. The van der Waals surface area contributed by atoms with E-state index >= 15 is 0 Å². The second kappa shape index (κ2) is 3.46. The minimum absolute atomic E-state index is 0.590. The van der Waals surface area contributed by atoms with Gasteiger partial charge < -0.3 is 5.32 Å². The third-order valence-corrected chi connectivity index (χ3v) is 2.45. The molecular formula is C11H16N2. The van der Waals surface area contributed by atoms with E-state index in [1.807, 2.05) is 18.5 Å². The molecule has 1 fully saturated rings. The predicted octanol–water partition coefficient (Wildman–Crippen LogP) is 1.94. The zero-order chi connectivity index (χ0) is 9.26. The molecule has 13 heavy (non-hydrogen) atoms. The molecule has 0 spiro atoms. The van der Waals surface area contributed by atoms with Crippen LogP contribution in [0.5, 0.6) is 0 Å². The Morgan fingerprint density at radius 3 is 3.00 bits per heavy atom. The second-order valence-corrected chi connectivity index (χ2v) is 4.06. The molecule has 1 heterocycles. The van der Waals surface area contributed by atoms with Crippen LogP contribution in [0.25, 0.3) is 0 Å². The van der Waals surface area contributed by atoms with Crippen molar-refractivity contribution in [3.63, 3.8) is 0 Å². The van der Waals surface area contributed by atoms with Crippen molar-refractivity contribution < 1.29 is 0 Å². The van der Waals surface area contributed by atoms with Gasteiger partial charge in [-0.1, -0.05) is 19.9 Å². The summed E-state index contributed by atoms with van der Waals surface area (Å²) in [5.41, 5.74) is 1.38. The topological polar surface area (TPSA) is 24.9 Å². The Hall–Kier alpha value is -0.890. The van der Waals surface area contributed by atoms with Gasteiger partial charge in [0.1, 0.15) is 0 Å². The second-order valence-electron chi connectivity index (χ2n) is 4.06. The van der Waals surface area contributed by atoms with Gasteiger partial charge in [-0.25, -0.2) is 0 Å². The Balaban J connectivity index is 1.93. The maximum Gasteiger partial charge on any atom is 0.0303 e. The van der Waals surface area contributed by atoms with Gasteiger partial charge in [0, 0.05) is 30.4 Å². The quantitative estimate of drug-likeness (QED) is 0.761. The van der Waals surface area contributed by atoms with E-state index in [4.69, 9.17) is 0 Å². The van der Waals surface area contributed by atoms with Gasteiger partial charge in [0.2, 0.25) is 0 Å². The van der Waals surface area contributed by atoms with E-state index in [1.165, 1.54) is 12.0 Å². The van der Waals surface area contributed by atoms with Crippen LogP contribution in [0.15, 0.2) is 24.5 Å². The third kappa shape index (κ3) is 2.07. The van der Waals surface area contributed by atoms with E-state index in [0.29, 0.717) is 18.0 Å². The summed E-state index contributed by atoms with van der Waals surface area (Å²) < 4.78 is 0. The van der Waals surface area contributed by atoms with Crippen LogP contribution in [-0.2, 0) is 0 Å². The minimum Gasteiger partial charge on any atom is -0.311 e. The third-order valence-electron chi connectivity index (χ3n) is 2.45. The highest BCUT2D eigenvalue weighted by Crippen LogP contribution is 2.40. The first-order valence-electron chi connectivity index (χ1n) is 4.93. The summed E-state index contributed by atoms with van der Waals surface area (Å²) in [4.78, 5) is 4.13. The van der Waals surface area contributed by atoms with Crippen LogP contribution >= 0.6 is 0 Å². The molecule has 2 atom stereocenters. The molecule has 0 bridgehead atoms. The summed E-state index contributed by atoms with van der Waals surface area (Å²) in [5.74, 6) is 0.705. The summed E-state index contributed by atoms with van der Waals surface area (Å²) in [6, 6.07) is 5.45. The van der Waals surface area contributed by atoms with E-state index in [2.05, 4.69) is 30.2 Å².